The molecule has 5 nitrogen and oxygen atoms in total. The molecule has 4 aromatic rings. The molecule has 0 N–H and O–H groups in total. The zero-order chi connectivity index (χ0) is 25.3. The molecule has 0 saturated carbocycles. The number of hydrogen-bond acceptors (Lipinski definition) is 5. The van der Waals surface area contributed by atoms with Crippen LogP contribution in [0.5, 0.6) is 0 Å². The molecule has 6 heteroatoms. The van der Waals surface area contributed by atoms with E-state index in [4.69, 9.17) is 4.42 Å². The lowest BCUT2D eigenvalue weighted by atomic mass is 9.65. The van der Waals surface area contributed by atoms with Crippen LogP contribution in [-0.2, 0) is 0 Å². The van der Waals surface area contributed by atoms with Gasteiger partial charge in [-0.1, -0.05) is 66.7 Å². The van der Waals surface area contributed by atoms with Crippen molar-refractivity contribution >= 4 is 29.1 Å². The van der Waals surface area contributed by atoms with Crippen molar-refractivity contribution in [1.82, 2.24) is 0 Å². The number of furan rings is 1. The van der Waals surface area contributed by atoms with Crippen molar-refractivity contribution < 1.29 is 23.2 Å². The lowest BCUT2D eigenvalue weighted by Gasteiger charge is -2.37. The minimum Gasteiger partial charge on any atom is -0.469 e. The SMILES string of the molecule is O=C(c1ccccc1)[C@@H]1[C@H](c2ccco2)C2(C(=O)c3ccccc3C2=O)[C@@H]2C=Cc3cc(F)ccc3N12. The molecule has 0 unspecified atom stereocenters. The van der Waals surface area contributed by atoms with Crippen LogP contribution in [0.2, 0.25) is 0 Å². The first-order chi connectivity index (χ1) is 18.0. The summed E-state index contributed by atoms with van der Waals surface area (Å²) in [7, 11) is 0. The monoisotopic (exact) mass is 489 g/mol. The third kappa shape index (κ3) is 2.75. The van der Waals surface area contributed by atoms with Gasteiger partial charge in [-0.3, -0.25) is 14.4 Å². The molecule has 1 aromatic heterocycles. The summed E-state index contributed by atoms with van der Waals surface area (Å²) in [5.74, 6) is -1.84. The first kappa shape index (κ1) is 21.7. The number of carbonyl (C=O) groups excluding carboxylic acids is 3. The fraction of sp³-hybridized carbons (Fsp3) is 0.129. The first-order valence-corrected chi connectivity index (χ1v) is 12.1. The van der Waals surface area contributed by atoms with Crippen molar-refractivity contribution in [1.29, 1.82) is 0 Å². The molecule has 0 amide bonds. The summed E-state index contributed by atoms with van der Waals surface area (Å²) < 4.78 is 20.1. The van der Waals surface area contributed by atoms with Crippen molar-refractivity contribution in [3.63, 3.8) is 0 Å². The molecule has 3 aromatic carbocycles. The largest absolute Gasteiger partial charge is 0.469 e. The number of hydrogen-bond donors (Lipinski definition) is 0. The number of benzene rings is 3. The Balaban J connectivity index is 1.55. The molecular weight excluding hydrogens is 469 g/mol. The second-order valence-electron chi connectivity index (χ2n) is 9.66. The number of rotatable bonds is 3. The number of carbonyl (C=O) groups is 3. The van der Waals surface area contributed by atoms with Gasteiger partial charge in [0, 0.05) is 27.9 Å². The highest BCUT2D eigenvalue weighted by molar-refractivity contribution is 6.32. The first-order valence-electron chi connectivity index (χ1n) is 12.1. The summed E-state index contributed by atoms with van der Waals surface area (Å²) in [6.07, 6.45) is 4.98. The average molecular weight is 490 g/mol. The topological polar surface area (TPSA) is 67.6 Å². The third-order valence-corrected chi connectivity index (χ3v) is 7.94. The van der Waals surface area contributed by atoms with Gasteiger partial charge in [-0.2, -0.15) is 0 Å². The smallest absolute Gasteiger partial charge is 0.186 e. The van der Waals surface area contributed by atoms with Gasteiger partial charge in [-0.25, -0.2) is 4.39 Å². The van der Waals surface area contributed by atoms with E-state index in [1.54, 1.807) is 78.9 Å². The van der Waals surface area contributed by atoms with Gasteiger partial charge in [0.1, 0.15) is 23.0 Å². The number of ketones is 3. The maximum atomic E-state index is 14.4. The van der Waals surface area contributed by atoms with Crippen LogP contribution in [0.4, 0.5) is 10.1 Å². The number of halogens is 1. The standard InChI is InChI=1S/C31H20FNO4/c32-20-13-14-23-19(17-20)12-15-25-31(29(35)21-9-4-5-10-22(21)30(31)36)26(24-11-6-16-37-24)27(33(23)25)28(34)18-7-2-1-3-8-18/h1-17,25-27H/t25-,26-,27-/m0/s1. The van der Waals surface area contributed by atoms with E-state index < -0.39 is 29.2 Å². The zero-order valence-electron chi connectivity index (χ0n) is 19.5. The van der Waals surface area contributed by atoms with Gasteiger partial charge in [0.05, 0.1) is 18.2 Å². The summed E-state index contributed by atoms with van der Waals surface area (Å²) in [5, 5.41) is 0. The van der Waals surface area contributed by atoms with Crippen LogP contribution in [0.15, 0.2) is 102 Å². The Bertz CT molecular complexity index is 1590. The van der Waals surface area contributed by atoms with Crippen LogP contribution in [0, 0.1) is 11.2 Å². The Kier molecular flexibility index (Phi) is 4.52. The van der Waals surface area contributed by atoms with E-state index in [0.29, 0.717) is 33.7 Å². The predicted molar refractivity (Wildman–Crippen MR) is 135 cm³/mol. The molecule has 7 rings (SSSR count). The van der Waals surface area contributed by atoms with Crippen LogP contribution in [0.25, 0.3) is 6.08 Å². The maximum absolute atomic E-state index is 14.4. The highest BCUT2D eigenvalue weighted by atomic mass is 19.1. The summed E-state index contributed by atoms with van der Waals surface area (Å²) in [4.78, 5) is 44.9. The Morgan fingerprint density at radius 3 is 2.24 bits per heavy atom. The van der Waals surface area contributed by atoms with E-state index in [9.17, 15) is 18.8 Å². The van der Waals surface area contributed by atoms with Crippen LogP contribution in [-0.4, -0.2) is 29.4 Å². The van der Waals surface area contributed by atoms with Crippen molar-refractivity contribution in [3.05, 3.63) is 131 Å². The van der Waals surface area contributed by atoms with Gasteiger partial charge in [-0.15, -0.1) is 0 Å². The Labute approximate surface area is 211 Å². The summed E-state index contributed by atoms with van der Waals surface area (Å²) in [6.45, 7) is 0. The van der Waals surface area contributed by atoms with Crippen LogP contribution in [0.1, 0.15) is 48.3 Å². The summed E-state index contributed by atoms with van der Waals surface area (Å²) in [5.41, 5.74) is 0.679. The van der Waals surface area contributed by atoms with Crippen LogP contribution >= 0.6 is 0 Å². The van der Waals surface area contributed by atoms with E-state index in [0.717, 1.165) is 0 Å². The molecule has 1 fully saturated rings. The molecular formula is C31H20FNO4. The maximum Gasteiger partial charge on any atom is 0.186 e. The molecule has 0 radical (unpaired) electrons. The van der Waals surface area contributed by atoms with Crippen molar-refractivity contribution in [2.75, 3.05) is 4.90 Å². The van der Waals surface area contributed by atoms with Gasteiger partial charge in [0.2, 0.25) is 0 Å². The molecule has 1 saturated heterocycles. The lowest BCUT2D eigenvalue weighted by molar-refractivity contribution is 0.0652. The van der Waals surface area contributed by atoms with Crippen molar-refractivity contribution in [2.24, 2.45) is 5.41 Å². The minimum absolute atomic E-state index is 0.244. The fourth-order valence-electron chi connectivity index (χ4n) is 6.50. The molecule has 3 atom stereocenters. The van der Waals surface area contributed by atoms with Crippen LogP contribution < -0.4 is 4.90 Å². The molecule has 3 heterocycles. The van der Waals surface area contributed by atoms with Crippen molar-refractivity contribution in [3.8, 4) is 0 Å². The summed E-state index contributed by atoms with van der Waals surface area (Å²) in [6, 6.07) is 21.6. The Morgan fingerprint density at radius 2 is 1.57 bits per heavy atom. The second kappa shape index (κ2) is 7.71. The highest BCUT2D eigenvalue weighted by Crippen LogP contribution is 2.61. The molecule has 37 heavy (non-hydrogen) atoms. The zero-order valence-corrected chi connectivity index (χ0v) is 19.5. The Morgan fingerprint density at radius 1 is 0.865 bits per heavy atom. The van der Waals surface area contributed by atoms with E-state index >= 15 is 0 Å². The van der Waals surface area contributed by atoms with E-state index in [-0.39, 0.29) is 17.3 Å². The normalized spacial score (nSPS) is 22.7. The van der Waals surface area contributed by atoms with Gasteiger partial charge in [0.15, 0.2) is 17.3 Å². The average Bonchev–Trinajstić information content (AvgIpc) is 3.62. The molecule has 0 bridgehead atoms. The van der Waals surface area contributed by atoms with Gasteiger partial charge in [0.25, 0.3) is 0 Å². The molecule has 180 valence electrons. The second-order valence-corrected chi connectivity index (χ2v) is 9.66. The number of Topliss-reactive ketones (excluding diaryl/α,β-unsaturated/α-hetero) is 3. The predicted octanol–water partition coefficient (Wildman–Crippen LogP) is 5.74. The number of anilines is 1. The van der Waals surface area contributed by atoms with Gasteiger partial charge in [-0.05, 0) is 30.3 Å². The van der Waals surface area contributed by atoms with E-state index in [2.05, 4.69) is 0 Å². The quantitative estimate of drug-likeness (QED) is 0.271. The van der Waals surface area contributed by atoms with E-state index in [1.165, 1.54) is 18.4 Å². The Hall–Kier alpha value is -4.58. The number of nitrogens with zero attached hydrogens (tertiary/aromatic N) is 1. The lowest BCUT2D eigenvalue weighted by Crippen LogP contribution is -2.48. The van der Waals surface area contributed by atoms with Gasteiger partial charge < -0.3 is 9.32 Å². The molecule has 1 spiro atoms. The van der Waals surface area contributed by atoms with Crippen LogP contribution in [0.3, 0.4) is 0 Å². The minimum atomic E-state index is -1.63. The third-order valence-electron chi connectivity index (χ3n) is 7.94. The van der Waals surface area contributed by atoms with Crippen molar-refractivity contribution in [2.45, 2.75) is 18.0 Å². The molecule has 3 aliphatic rings. The number of fused-ring (bicyclic) bond motifs is 5. The highest BCUT2D eigenvalue weighted by Gasteiger charge is 2.72. The van der Waals surface area contributed by atoms with Gasteiger partial charge >= 0.3 is 0 Å². The molecule has 1 aliphatic carbocycles. The van der Waals surface area contributed by atoms with E-state index in [1.807, 2.05) is 11.0 Å². The summed E-state index contributed by atoms with van der Waals surface area (Å²) >= 11 is 0. The molecule has 2 aliphatic heterocycles. The fourth-order valence-corrected chi connectivity index (χ4v) is 6.50.